The molecule has 0 aliphatic carbocycles. The van der Waals surface area contributed by atoms with Crippen LogP contribution < -0.4 is 10.6 Å². The topological polar surface area (TPSA) is 17.1 Å². The average Bonchev–Trinajstić information content (AvgIpc) is 2.46. The molecule has 0 aromatic heterocycles. The van der Waals surface area contributed by atoms with Crippen molar-refractivity contribution >= 4 is 18.4 Å². The molecule has 18 heavy (non-hydrogen) atoms. The van der Waals surface area contributed by atoms with Crippen LogP contribution in [0.15, 0.2) is 48.5 Å². The molecule has 0 unspecified atom stereocenters. The van der Waals surface area contributed by atoms with Crippen LogP contribution in [0.5, 0.6) is 0 Å². The van der Waals surface area contributed by atoms with Crippen molar-refractivity contribution in [2.45, 2.75) is 26.7 Å². The zero-order chi connectivity index (χ0) is 13.0. The van der Waals surface area contributed by atoms with Gasteiger partial charge >= 0.3 is 7.80 Å². The Kier molecular flexibility index (Phi) is 4.28. The maximum absolute atomic E-state index is 12.5. The quantitative estimate of drug-likeness (QED) is 0.765. The van der Waals surface area contributed by atoms with Crippen LogP contribution in [-0.4, -0.2) is 0 Å². The largest absolute Gasteiger partial charge is 0.415 e. The minimum Gasteiger partial charge on any atom is -0.0613 e. The van der Waals surface area contributed by atoms with Crippen LogP contribution in [0, 0.1) is 0 Å². The summed E-state index contributed by atoms with van der Waals surface area (Å²) in [6.07, 6.45) is 1.96. The van der Waals surface area contributed by atoms with Gasteiger partial charge in [0.1, 0.15) is 0 Å². The molecule has 0 saturated heterocycles. The molecule has 0 amide bonds. The van der Waals surface area contributed by atoms with Crippen molar-refractivity contribution in [3.63, 3.8) is 0 Å². The van der Waals surface area contributed by atoms with Gasteiger partial charge in [0, 0.05) is 0 Å². The fourth-order valence-corrected chi connectivity index (χ4v) is 3.26. The zero-order valence-electron chi connectivity index (χ0n) is 10.9. The lowest BCUT2D eigenvalue weighted by atomic mass is 10.2. The van der Waals surface area contributed by atoms with E-state index in [0.29, 0.717) is 0 Å². The van der Waals surface area contributed by atoms with Gasteiger partial charge in [-0.15, -0.1) is 0 Å². The lowest BCUT2D eigenvalue weighted by Crippen LogP contribution is -2.07. The molecule has 0 fully saturated rings. The van der Waals surface area contributed by atoms with E-state index in [0.717, 1.165) is 23.5 Å². The monoisotopic (exact) mass is 257 g/mol. The van der Waals surface area contributed by atoms with E-state index in [1.807, 2.05) is 24.3 Å². The Morgan fingerprint density at radius 2 is 1.28 bits per heavy atom. The molecule has 2 aromatic carbocycles. The van der Waals surface area contributed by atoms with Crippen LogP contribution in [-0.2, 0) is 17.4 Å². The fourth-order valence-electron chi connectivity index (χ4n) is 1.95. The van der Waals surface area contributed by atoms with E-state index in [-0.39, 0.29) is 0 Å². The van der Waals surface area contributed by atoms with Gasteiger partial charge in [0.25, 0.3) is 0 Å². The second-order valence-electron chi connectivity index (χ2n) is 4.34. The molecule has 0 aliphatic heterocycles. The third kappa shape index (κ3) is 2.86. The lowest BCUT2D eigenvalue weighted by Gasteiger charge is -1.97. The summed E-state index contributed by atoms with van der Waals surface area (Å²) in [6, 6.07) is 16.2. The minimum absolute atomic E-state index is 0.928. The smallest absolute Gasteiger partial charge is 0.0613 e. The summed E-state index contributed by atoms with van der Waals surface area (Å²) in [5.74, 6) is 0. The second-order valence-corrected chi connectivity index (χ2v) is 5.96. The summed E-state index contributed by atoms with van der Waals surface area (Å²) in [5.41, 5.74) is 2.48. The number of hydrogen-bond acceptors (Lipinski definition) is 1. The Bertz CT molecular complexity index is 511. The average molecular weight is 257 g/mol. The maximum atomic E-state index is 12.5. The summed E-state index contributed by atoms with van der Waals surface area (Å²) < 4.78 is 12.5. The van der Waals surface area contributed by atoms with Gasteiger partial charge in [-0.3, -0.25) is 0 Å². The highest BCUT2D eigenvalue weighted by Crippen LogP contribution is 2.20. The van der Waals surface area contributed by atoms with Gasteiger partial charge in [0.05, 0.1) is 0 Å². The molecule has 0 atom stereocenters. The number of benzene rings is 2. The van der Waals surface area contributed by atoms with Crippen molar-refractivity contribution in [1.29, 1.82) is 0 Å². The fraction of sp³-hybridized carbons (Fsp3) is 0.250. The summed E-state index contributed by atoms with van der Waals surface area (Å²) in [4.78, 5) is 0. The molecule has 92 valence electrons. The van der Waals surface area contributed by atoms with Crippen LogP contribution in [0.4, 0.5) is 0 Å². The van der Waals surface area contributed by atoms with Gasteiger partial charge in [-0.2, -0.15) is 0 Å². The standard InChI is InChI=1S/C16H18OP/c1-3-13-7-5-9-15(11-13)18(17)16-10-6-8-14(4-2)12-16/h5-12H,3-4H2,1-2H3/q+1. The summed E-state index contributed by atoms with van der Waals surface area (Å²) in [6.45, 7) is 4.23. The molecule has 0 radical (unpaired) electrons. The Labute approximate surface area is 110 Å². The van der Waals surface area contributed by atoms with Gasteiger partial charge in [0.2, 0.25) is 0 Å². The summed E-state index contributed by atoms with van der Waals surface area (Å²) >= 11 is 0. The SMILES string of the molecule is CCc1cccc([P+](=O)c2cccc(CC)c2)c1. The Morgan fingerprint density at radius 1 is 0.833 bits per heavy atom. The highest BCUT2D eigenvalue weighted by atomic mass is 31.1. The first-order valence-corrected chi connectivity index (χ1v) is 7.65. The number of hydrogen-bond donors (Lipinski definition) is 0. The molecule has 0 N–H and O–H groups in total. The summed E-state index contributed by atoms with van der Waals surface area (Å²) in [7, 11) is -1.46. The van der Waals surface area contributed by atoms with Crippen molar-refractivity contribution in [3.05, 3.63) is 59.7 Å². The first-order chi connectivity index (χ1) is 8.74. The van der Waals surface area contributed by atoms with E-state index in [2.05, 4.69) is 38.1 Å². The second kappa shape index (κ2) is 5.93. The predicted octanol–water partition coefficient (Wildman–Crippen LogP) is 3.59. The van der Waals surface area contributed by atoms with Crippen LogP contribution in [0.1, 0.15) is 25.0 Å². The van der Waals surface area contributed by atoms with Crippen LogP contribution >= 0.6 is 7.80 Å². The van der Waals surface area contributed by atoms with Crippen LogP contribution in [0.2, 0.25) is 0 Å². The van der Waals surface area contributed by atoms with Crippen molar-refractivity contribution < 1.29 is 4.57 Å². The van der Waals surface area contributed by atoms with Gasteiger partial charge in [-0.1, -0.05) is 42.7 Å². The molecule has 0 spiro atoms. The van der Waals surface area contributed by atoms with Gasteiger partial charge in [0.15, 0.2) is 10.6 Å². The molecule has 2 heteroatoms. The molecular formula is C16H18OP+. The summed E-state index contributed by atoms with van der Waals surface area (Å²) in [5, 5.41) is 1.86. The van der Waals surface area contributed by atoms with Crippen molar-refractivity contribution in [1.82, 2.24) is 0 Å². The predicted molar refractivity (Wildman–Crippen MR) is 78.5 cm³/mol. The maximum Gasteiger partial charge on any atom is 0.415 e. The van der Waals surface area contributed by atoms with Gasteiger partial charge < -0.3 is 0 Å². The molecule has 0 saturated carbocycles. The Balaban J connectivity index is 2.34. The molecule has 2 rings (SSSR count). The third-order valence-electron chi connectivity index (χ3n) is 3.11. The first-order valence-electron chi connectivity index (χ1n) is 6.39. The molecule has 0 aliphatic rings. The number of aryl methyl sites for hydroxylation is 2. The van der Waals surface area contributed by atoms with Crippen LogP contribution in [0.3, 0.4) is 0 Å². The normalized spacial score (nSPS) is 10.3. The van der Waals surface area contributed by atoms with E-state index in [9.17, 15) is 4.57 Å². The van der Waals surface area contributed by atoms with E-state index < -0.39 is 7.80 Å². The third-order valence-corrected chi connectivity index (χ3v) is 4.60. The van der Waals surface area contributed by atoms with E-state index >= 15 is 0 Å². The zero-order valence-corrected chi connectivity index (χ0v) is 11.8. The minimum atomic E-state index is -1.46. The van der Waals surface area contributed by atoms with Crippen molar-refractivity contribution in [2.75, 3.05) is 0 Å². The first kappa shape index (κ1) is 13.0. The van der Waals surface area contributed by atoms with Gasteiger partial charge in [-0.25, -0.2) is 0 Å². The molecule has 2 aromatic rings. The Hall–Kier alpha value is -1.46. The van der Waals surface area contributed by atoms with Crippen molar-refractivity contribution in [2.24, 2.45) is 0 Å². The van der Waals surface area contributed by atoms with Crippen molar-refractivity contribution in [3.8, 4) is 0 Å². The van der Waals surface area contributed by atoms with E-state index in [1.54, 1.807) is 0 Å². The van der Waals surface area contributed by atoms with Crippen LogP contribution in [0.25, 0.3) is 0 Å². The highest BCUT2D eigenvalue weighted by molar-refractivity contribution is 7.61. The van der Waals surface area contributed by atoms with E-state index in [1.165, 1.54) is 11.1 Å². The van der Waals surface area contributed by atoms with E-state index in [4.69, 9.17) is 0 Å². The molecule has 1 nitrogen and oxygen atoms in total. The highest BCUT2D eigenvalue weighted by Gasteiger charge is 2.23. The molecule has 0 heterocycles. The molecular weight excluding hydrogens is 239 g/mol. The lowest BCUT2D eigenvalue weighted by molar-refractivity contribution is 0.598. The number of rotatable bonds is 4. The Morgan fingerprint density at radius 3 is 1.67 bits per heavy atom. The van der Waals surface area contributed by atoms with Gasteiger partial charge in [-0.05, 0) is 48.2 Å². The molecule has 0 bridgehead atoms.